The van der Waals surface area contributed by atoms with Crippen molar-refractivity contribution >= 4 is 27.7 Å². The number of carbonyl (C=O) groups excluding carboxylic acids is 2. The van der Waals surface area contributed by atoms with Gasteiger partial charge in [-0.3, -0.25) is 20.4 Å². The van der Waals surface area contributed by atoms with Crippen molar-refractivity contribution in [1.82, 2.24) is 15.8 Å². The van der Waals surface area contributed by atoms with E-state index < -0.39 is 16.1 Å². The number of carbonyl (C=O) groups is 2. The number of nitrogens with one attached hydrogen (secondary N) is 2. The maximum atomic E-state index is 13.2. The first-order valence-corrected chi connectivity index (χ1v) is 13.1. The number of fused-ring (bicyclic) bond motifs is 1. The molecule has 0 spiro atoms. The summed E-state index contributed by atoms with van der Waals surface area (Å²) in [4.78, 5) is 28.1. The smallest absolute Gasteiger partial charge is 0.285 e. The van der Waals surface area contributed by atoms with Gasteiger partial charge < -0.3 is 4.90 Å². The van der Waals surface area contributed by atoms with Gasteiger partial charge in [0.15, 0.2) is 5.84 Å². The fourth-order valence-electron chi connectivity index (χ4n) is 7.31. The standard InChI is InChI=1S/C23H28N4O4S/c28-21(24-25-22(29)23-11-14-8-15(12-23)10-16(9-14)13-23)18-5-3-7-27(18)20-17-4-1-2-6-19(17)32(30,31)26-20/h1-2,4,6,14-16,18H,3,5,7-13H2,(H,24,28)(H,25,29)/t14?,15?,16?,18-,23?/m0/s1. The maximum absolute atomic E-state index is 13.2. The number of likely N-dealkylation sites (tertiary alicyclic amines) is 1. The third kappa shape index (κ3) is 3.08. The lowest BCUT2D eigenvalue weighted by Gasteiger charge is -2.55. The largest absolute Gasteiger partial charge is 0.343 e. The fraction of sp³-hybridized carbons (Fsp3) is 0.609. The summed E-state index contributed by atoms with van der Waals surface area (Å²) in [5, 5.41) is 0. The van der Waals surface area contributed by atoms with Crippen molar-refractivity contribution < 1.29 is 18.0 Å². The van der Waals surface area contributed by atoms with Crippen LogP contribution < -0.4 is 10.9 Å². The van der Waals surface area contributed by atoms with Gasteiger partial charge in [0.25, 0.3) is 15.9 Å². The third-order valence-corrected chi connectivity index (χ3v) is 9.58. The molecule has 32 heavy (non-hydrogen) atoms. The van der Waals surface area contributed by atoms with Crippen molar-refractivity contribution in [2.24, 2.45) is 27.6 Å². The third-order valence-electron chi connectivity index (χ3n) is 8.26. The van der Waals surface area contributed by atoms with Crippen LogP contribution in [0.4, 0.5) is 0 Å². The summed E-state index contributed by atoms with van der Waals surface area (Å²) in [5.41, 5.74) is 5.60. The zero-order chi connectivity index (χ0) is 22.1. The van der Waals surface area contributed by atoms with E-state index in [2.05, 4.69) is 15.2 Å². The summed E-state index contributed by atoms with van der Waals surface area (Å²) in [6.07, 6.45) is 7.89. The van der Waals surface area contributed by atoms with E-state index in [0.29, 0.717) is 42.1 Å². The normalized spacial score (nSPS) is 36.0. The molecule has 6 aliphatic rings. The number of hydrogen-bond donors (Lipinski definition) is 2. The van der Waals surface area contributed by atoms with Gasteiger partial charge in [-0.2, -0.15) is 8.42 Å². The molecule has 2 aliphatic heterocycles. The second-order valence-corrected chi connectivity index (χ2v) is 12.0. The van der Waals surface area contributed by atoms with Gasteiger partial charge in [0.2, 0.25) is 5.91 Å². The highest BCUT2D eigenvalue weighted by Crippen LogP contribution is 2.60. The predicted molar refractivity (Wildman–Crippen MR) is 117 cm³/mol. The molecule has 4 saturated carbocycles. The molecule has 4 aliphatic carbocycles. The molecule has 0 unspecified atom stereocenters. The monoisotopic (exact) mass is 456 g/mol. The Morgan fingerprint density at radius 2 is 1.66 bits per heavy atom. The van der Waals surface area contributed by atoms with Crippen LogP contribution in [0.1, 0.15) is 56.9 Å². The predicted octanol–water partition coefficient (Wildman–Crippen LogP) is 1.96. The van der Waals surface area contributed by atoms with Gasteiger partial charge in [-0.15, -0.1) is 4.40 Å². The van der Waals surface area contributed by atoms with Crippen LogP contribution in [-0.4, -0.2) is 43.6 Å². The molecule has 0 radical (unpaired) electrons. The Hall–Kier alpha value is -2.42. The van der Waals surface area contributed by atoms with E-state index in [9.17, 15) is 18.0 Å². The highest BCUT2D eigenvalue weighted by molar-refractivity contribution is 7.90. The molecule has 9 heteroatoms. The first-order valence-electron chi connectivity index (χ1n) is 11.7. The number of amides is 2. The van der Waals surface area contributed by atoms with E-state index in [1.54, 1.807) is 23.1 Å². The average Bonchev–Trinajstić information content (AvgIpc) is 3.34. The quantitative estimate of drug-likeness (QED) is 0.662. The first kappa shape index (κ1) is 20.2. The molecule has 1 atom stereocenters. The van der Waals surface area contributed by atoms with Crippen LogP contribution in [0.25, 0.3) is 0 Å². The van der Waals surface area contributed by atoms with Crippen molar-refractivity contribution in [3.63, 3.8) is 0 Å². The lowest BCUT2D eigenvalue weighted by atomic mass is 9.49. The lowest BCUT2D eigenvalue weighted by molar-refractivity contribution is -0.149. The van der Waals surface area contributed by atoms with Gasteiger partial charge >= 0.3 is 0 Å². The van der Waals surface area contributed by atoms with Gasteiger partial charge in [-0.1, -0.05) is 12.1 Å². The SMILES string of the molecule is O=C(NNC(=O)C12CC3CC(CC(C3)C1)C2)[C@@H]1CCCN1C1=NS(=O)(=O)c2ccccc21. The van der Waals surface area contributed by atoms with Crippen molar-refractivity contribution in [3.8, 4) is 0 Å². The van der Waals surface area contributed by atoms with E-state index in [-0.39, 0.29) is 22.1 Å². The molecule has 170 valence electrons. The van der Waals surface area contributed by atoms with E-state index >= 15 is 0 Å². The van der Waals surface area contributed by atoms with Crippen molar-refractivity contribution in [2.45, 2.75) is 62.3 Å². The summed E-state index contributed by atoms with van der Waals surface area (Å²) in [7, 11) is -3.75. The molecule has 2 amide bonds. The fourth-order valence-corrected chi connectivity index (χ4v) is 8.53. The Morgan fingerprint density at radius 3 is 2.34 bits per heavy atom. The van der Waals surface area contributed by atoms with Crippen LogP contribution >= 0.6 is 0 Å². The van der Waals surface area contributed by atoms with E-state index in [4.69, 9.17) is 0 Å². The Kier molecular flexibility index (Phi) is 4.44. The molecule has 2 N–H and O–H groups in total. The Bertz CT molecular complexity index is 1090. The summed E-state index contributed by atoms with van der Waals surface area (Å²) in [6.45, 7) is 0.545. The van der Waals surface area contributed by atoms with Crippen LogP contribution in [0.5, 0.6) is 0 Å². The molecule has 5 fully saturated rings. The van der Waals surface area contributed by atoms with E-state index in [0.717, 1.165) is 25.7 Å². The zero-order valence-electron chi connectivity index (χ0n) is 17.9. The molecule has 2 heterocycles. The minimum atomic E-state index is -3.75. The molecular weight excluding hydrogens is 428 g/mol. The Labute approximate surface area is 187 Å². The number of sulfonamides is 1. The molecule has 7 rings (SSSR count). The Balaban J connectivity index is 1.16. The summed E-state index contributed by atoms with van der Waals surface area (Å²) < 4.78 is 28.9. The van der Waals surface area contributed by atoms with Gasteiger partial charge in [-0.05, 0) is 81.3 Å². The van der Waals surface area contributed by atoms with Crippen molar-refractivity contribution in [1.29, 1.82) is 0 Å². The molecular formula is C23H28N4O4S. The summed E-state index contributed by atoms with van der Waals surface area (Å²) in [6, 6.07) is 6.14. The summed E-state index contributed by atoms with van der Waals surface area (Å²) in [5.74, 6) is 1.90. The number of benzene rings is 1. The number of hydrazine groups is 1. The van der Waals surface area contributed by atoms with Gasteiger partial charge in [-0.25, -0.2) is 0 Å². The van der Waals surface area contributed by atoms with Gasteiger partial charge in [0.1, 0.15) is 10.9 Å². The van der Waals surface area contributed by atoms with Crippen LogP contribution in [0.2, 0.25) is 0 Å². The molecule has 1 aromatic rings. The number of hydrogen-bond acceptors (Lipinski definition) is 5. The van der Waals surface area contributed by atoms with Crippen molar-refractivity contribution in [3.05, 3.63) is 29.8 Å². The minimum absolute atomic E-state index is 0.0550. The number of nitrogens with zero attached hydrogens (tertiary/aromatic N) is 2. The van der Waals surface area contributed by atoms with Crippen LogP contribution in [0.15, 0.2) is 33.6 Å². The van der Waals surface area contributed by atoms with Crippen molar-refractivity contribution in [2.75, 3.05) is 6.54 Å². The molecule has 4 bridgehead atoms. The second-order valence-electron chi connectivity index (χ2n) is 10.4. The summed E-state index contributed by atoms with van der Waals surface area (Å²) >= 11 is 0. The van der Waals surface area contributed by atoms with Crippen LogP contribution in [0, 0.1) is 23.2 Å². The molecule has 0 aromatic heterocycles. The van der Waals surface area contributed by atoms with E-state index in [1.165, 1.54) is 25.3 Å². The lowest BCUT2D eigenvalue weighted by Crippen LogP contribution is -2.58. The Morgan fingerprint density at radius 1 is 1.00 bits per heavy atom. The van der Waals surface area contributed by atoms with Crippen LogP contribution in [0.3, 0.4) is 0 Å². The maximum Gasteiger partial charge on any atom is 0.285 e. The highest BCUT2D eigenvalue weighted by atomic mass is 32.2. The number of rotatable bonds is 2. The van der Waals surface area contributed by atoms with Crippen LogP contribution in [-0.2, 0) is 19.6 Å². The first-order chi connectivity index (χ1) is 15.3. The molecule has 1 saturated heterocycles. The second kappa shape index (κ2) is 7.04. The average molecular weight is 457 g/mol. The van der Waals surface area contributed by atoms with E-state index in [1.807, 2.05) is 0 Å². The highest BCUT2D eigenvalue weighted by Gasteiger charge is 2.54. The number of amidine groups is 1. The molecule has 8 nitrogen and oxygen atoms in total. The van der Waals surface area contributed by atoms with Gasteiger partial charge in [0, 0.05) is 12.1 Å². The topological polar surface area (TPSA) is 108 Å². The minimum Gasteiger partial charge on any atom is -0.343 e. The molecule has 1 aromatic carbocycles. The zero-order valence-corrected chi connectivity index (χ0v) is 18.7. The van der Waals surface area contributed by atoms with Gasteiger partial charge in [0.05, 0.1) is 5.41 Å².